The Morgan fingerprint density at radius 3 is 2.89 bits per heavy atom. The van der Waals surface area contributed by atoms with E-state index in [0.29, 0.717) is 17.4 Å². The number of nitrogens with zero attached hydrogens (tertiary/aromatic N) is 2. The molecule has 1 aromatic heterocycles. The number of halogens is 1. The van der Waals surface area contributed by atoms with Gasteiger partial charge in [-0.05, 0) is 17.7 Å². The van der Waals surface area contributed by atoms with Crippen LogP contribution in [0.1, 0.15) is 41.8 Å². The molecule has 1 amide bonds. The molecule has 0 fully saturated rings. The van der Waals surface area contributed by atoms with E-state index in [4.69, 9.17) is 11.6 Å². The molecule has 0 atom stereocenters. The van der Waals surface area contributed by atoms with Crippen molar-refractivity contribution in [1.29, 1.82) is 0 Å². The minimum atomic E-state index is -0.303. The van der Waals surface area contributed by atoms with Crippen LogP contribution < -0.4 is 5.32 Å². The highest BCUT2D eigenvalue weighted by atomic mass is 35.5. The van der Waals surface area contributed by atoms with Gasteiger partial charge in [0.25, 0.3) is 5.91 Å². The molecule has 0 aliphatic heterocycles. The van der Waals surface area contributed by atoms with Crippen molar-refractivity contribution in [3.05, 3.63) is 46.5 Å². The molecule has 0 radical (unpaired) electrons. The van der Waals surface area contributed by atoms with Crippen LogP contribution in [0.5, 0.6) is 0 Å². The maximum atomic E-state index is 11.8. The monoisotopic (exact) mass is 278 g/mol. The first-order chi connectivity index (χ1) is 9.06. The molecule has 0 unspecified atom stereocenters. The number of hydrogen-bond donors (Lipinski definition) is 2. The molecular weight excluding hydrogens is 264 g/mol. The number of carbonyl (C=O) groups excluding carboxylic acids is 1. The summed E-state index contributed by atoms with van der Waals surface area (Å²) >= 11 is 5.87. The number of amides is 1. The second-order valence-corrected chi connectivity index (χ2v) is 4.95. The summed E-state index contributed by atoms with van der Waals surface area (Å²) in [4.78, 5) is 16.0. The largest absolute Gasteiger partial charge is 0.345 e. The average molecular weight is 279 g/mol. The zero-order chi connectivity index (χ0) is 13.8. The summed E-state index contributed by atoms with van der Waals surface area (Å²) in [5, 5.41) is 10.0. The van der Waals surface area contributed by atoms with Gasteiger partial charge in [-0.3, -0.25) is 9.89 Å². The summed E-state index contributed by atoms with van der Waals surface area (Å²) in [6.45, 7) is 4.35. The molecule has 2 aromatic rings. The third-order valence-corrected chi connectivity index (χ3v) is 2.83. The number of H-pyrrole nitrogens is 1. The van der Waals surface area contributed by atoms with Crippen molar-refractivity contribution in [3.63, 3.8) is 0 Å². The first-order valence-corrected chi connectivity index (χ1v) is 6.39. The fraction of sp³-hybridized carbons (Fsp3) is 0.308. The van der Waals surface area contributed by atoms with Crippen LogP contribution in [0.4, 0.5) is 0 Å². The summed E-state index contributed by atoms with van der Waals surface area (Å²) in [5.74, 6) is 0.767. The second-order valence-electron chi connectivity index (χ2n) is 4.51. The number of carbonyl (C=O) groups is 1. The standard InChI is InChI=1S/C13H15ClN4O/c1-8(2)11-16-12(18-17-11)13(19)15-7-9-4-3-5-10(14)6-9/h3-6,8H,7H2,1-2H3,(H,15,19)(H,16,17,18). The summed E-state index contributed by atoms with van der Waals surface area (Å²) in [6, 6.07) is 7.33. The van der Waals surface area contributed by atoms with Gasteiger partial charge in [0.1, 0.15) is 5.82 Å². The van der Waals surface area contributed by atoms with Crippen molar-refractivity contribution in [1.82, 2.24) is 20.5 Å². The Balaban J connectivity index is 1.97. The van der Waals surface area contributed by atoms with Gasteiger partial charge < -0.3 is 5.32 Å². The molecule has 1 aromatic carbocycles. The lowest BCUT2D eigenvalue weighted by Gasteiger charge is -2.03. The smallest absolute Gasteiger partial charge is 0.291 e. The van der Waals surface area contributed by atoms with Gasteiger partial charge in [0.05, 0.1) is 0 Å². The number of aromatic amines is 1. The first-order valence-electron chi connectivity index (χ1n) is 6.01. The van der Waals surface area contributed by atoms with Crippen LogP contribution in [0.25, 0.3) is 0 Å². The Bertz CT molecular complexity index is 580. The molecule has 2 rings (SSSR count). The fourth-order valence-electron chi connectivity index (χ4n) is 1.54. The van der Waals surface area contributed by atoms with Gasteiger partial charge in [0, 0.05) is 17.5 Å². The van der Waals surface area contributed by atoms with Crippen LogP contribution in [-0.2, 0) is 6.54 Å². The zero-order valence-corrected chi connectivity index (χ0v) is 11.5. The van der Waals surface area contributed by atoms with E-state index in [-0.39, 0.29) is 17.6 Å². The second kappa shape index (κ2) is 5.84. The van der Waals surface area contributed by atoms with Crippen LogP contribution in [0, 0.1) is 0 Å². The molecule has 0 aliphatic carbocycles. The van der Waals surface area contributed by atoms with Crippen LogP contribution >= 0.6 is 11.6 Å². The van der Waals surface area contributed by atoms with Gasteiger partial charge in [-0.2, -0.15) is 0 Å². The lowest BCUT2D eigenvalue weighted by atomic mass is 10.2. The van der Waals surface area contributed by atoms with Crippen LogP contribution in [0.2, 0.25) is 5.02 Å². The van der Waals surface area contributed by atoms with Crippen LogP contribution in [-0.4, -0.2) is 21.1 Å². The Kier molecular flexibility index (Phi) is 4.16. The molecule has 0 spiro atoms. The van der Waals surface area contributed by atoms with E-state index < -0.39 is 0 Å². The molecule has 2 N–H and O–H groups in total. The maximum absolute atomic E-state index is 11.8. The lowest BCUT2D eigenvalue weighted by Crippen LogP contribution is -2.24. The topological polar surface area (TPSA) is 70.7 Å². The van der Waals surface area contributed by atoms with Crippen molar-refractivity contribution in [2.24, 2.45) is 0 Å². The summed E-state index contributed by atoms with van der Waals surface area (Å²) in [7, 11) is 0. The number of benzene rings is 1. The zero-order valence-electron chi connectivity index (χ0n) is 10.8. The lowest BCUT2D eigenvalue weighted by molar-refractivity contribution is 0.0941. The van der Waals surface area contributed by atoms with Gasteiger partial charge in [0.2, 0.25) is 5.82 Å². The highest BCUT2D eigenvalue weighted by Crippen LogP contribution is 2.11. The van der Waals surface area contributed by atoms with Gasteiger partial charge in [-0.1, -0.05) is 37.6 Å². The van der Waals surface area contributed by atoms with E-state index in [0.717, 1.165) is 5.56 Å². The Hall–Kier alpha value is -1.88. The molecule has 0 saturated carbocycles. The number of nitrogens with one attached hydrogen (secondary N) is 2. The van der Waals surface area contributed by atoms with E-state index in [1.165, 1.54) is 0 Å². The Morgan fingerprint density at radius 2 is 2.26 bits per heavy atom. The average Bonchev–Trinajstić information content (AvgIpc) is 2.86. The van der Waals surface area contributed by atoms with Crippen LogP contribution in [0.3, 0.4) is 0 Å². The fourth-order valence-corrected chi connectivity index (χ4v) is 1.76. The van der Waals surface area contributed by atoms with E-state index in [1.54, 1.807) is 12.1 Å². The van der Waals surface area contributed by atoms with E-state index in [2.05, 4.69) is 20.5 Å². The molecule has 100 valence electrons. The molecule has 0 saturated heterocycles. The Morgan fingerprint density at radius 1 is 1.47 bits per heavy atom. The van der Waals surface area contributed by atoms with Crippen molar-refractivity contribution in [3.8, 4) is 0 Å². The number of aromatic nitrogens is 3. The van der Waals surface area contributed by atoms with Gasteiger partial charge in [-0.25, -0.2) is 4.98 Å². The van der Waals surface area contributed by atoms with Crippen molar-refractivity contribution < 1.29 is 4.79 Å². The predicted molar refractivity (Wildman–Crippen MR) is 73.1 cm³/mol. The molecule has 5 nitrogen and oxygen atoms in total. The molecule has 0 bridgehead atoms. The van der Waals surface area contributed by atoms with Gasteiger partial charge in [-0.15, -0.1) is 5.10 Å². The third kappa shape index (κ3) is 3.54. The van der Waals surface area contributed by atoms with E-state index in [9.17, 15) is 4.79 Å². The predicted octanol–water partition coefficient (Wildman–Crippen LogP) is 2.51. The maximum Gasteiger partial charge on any atom is 0.291 e. The van der Waals surface area contributed by atoms with Crippen molar-refractivity contribution in [2.75, 3.05) is 0 Å². The highest BCUT2D eigenvalue weighted by Gasteiger charge is 2.13. The molecule has 6 heteroatoms. The number of rotatable bonds is 4. The SMILES string of the molecule is CC(C)c1nc(C(=O)NCc2cccc(Cl)c2)n[nH]1. The summed E-state index contributed by atoms with van der Waals surface area (Å²) < 4.78 is 0. The van der Waals surface area contributed by atoms with Crippen molar-refractivity contribution >= 4 is 17.5 Å². The van der Waals surface area contributed by atoms with Gasteiger partial charge in [0.15, 0.2) is 0 Å². The molecule has 1 heterocycles. The summed E-state index contributed by atoms with van der Waals surface area (Å²) in [6.07, 6.45) is 0. The minimum Gasteiger partial charge on any atom is -0.345 e. The first kappa shape index (κ1) is 13.5. The quantitative estimate of drug-likeness (QED) is 0.903. The Labute approximate surface area is 116 Å². The third-order valence-electron chi connectivity index (χ3n) is 2.59. The van der Waals surface area contributed by atoms with Crippen molar-refractivity contribution in [2.45, 2.75) is 26.3 Å². The molecular formula is C13H15ClN4O. The number of hydrogen-bond acceptors (Lipinski definition) is 3. The van der Waals surface area contributed by atoms with Crippen LogP contribution in [0.15, 0.2) is 24.3 Å². The summed E-state index contributed by atoms with van der Waals surface area (Å²) in [5.41, 5.74) is 0.931. The van der Waals surface area contributed by atoms with E-state index in [1.807, 2.05) is 26.0 Å². The molecule has 0 aliphatic rings. The van der Waals surface area contributed by atoms with E-state index >= 15 is 0 Å². The normalized spacial score (nSPS) is 10.7. The minimum absolute atomic E-state index is 0.158. The molecule has 19 heavy (non-hydrogen) atoms. The highest BCUT2D eigenvalue weighted by molar-refractivity contribution is 6.30. The van der Waals surface area contributed by atoms with Gasteiger partial charge >= 0.3 is 0 Å².